The molecule has 1 unspecified atom stereocenters. The summed E-state index contributed by atoms with van der Waals surface area (Å²) >= 11 is 1.45. The number of nitrogens with zero attached hydrogens (tertiary/aromatic N) is 3. The molecule has 1 aromatic carbocycles. The first-order valence-corrected chi connectivity index (χ1v) is 11.0. The van der Waals surface area contributed by atoms with Gasteiger partial charge in [0.1, 0.15) is 4.83 Å². The van der Waals surface area contributed by atoms with Gasteiger partial charge in [0, 0.05) is 38.6 Å². The number of hydrogen-bond donors (Lipinski definition) is 1. The molecule has 3 heterocycles. The van der Waals surface area contributed by atoms with Crippen LogP contribution in [0.15, 0.2) is 46.8 Å². The zero-order valence-corrected chi connectivity index (χ0v) is 17.5. The molecule has 0 radical (unpaired) electrons. The second-order valence-corrected chi connectivity index (χ2v) is 8.38. The Balaban J connectivity index is 1.30. The maximum Gasteiger partial charge on any atom is 0.262 e. The monoisotopic (exact) mass is 410 g/mol. The van der Waals surface area contributed by atoms with Gasteiger partial charge in [-0.15, -0.1) is 11.3 Å². The molecule has 1 amide bonds. The largest absolute Gasteiger partial charge is 0.354 e. The SMILES string of the molecule is CCC(CNC(=O)CCn1cnc2sccc2c1=O)N1CCc2ccccc2C1. The van der Waals surface area contributed by atoms with Crippen molar-refractivity contribution in [3.05, 3.63) is 63.5 Å². The van der Waals surface area contributed by atoms with Crippen LogP contribution in [-0.4, -0.2) is 39.5 Å². The van der Waals surface area contributed by atoms with Crippen molar-refractivity contribution in [2.45, 2.75) is 45.3 Å². The Bertz CT molecular complexity index is 1060. The van der Waals surface area contributed by atoms with E-state index in [9.17, 15) is 9.59 Å². The number of fused-ring (bicyclic) bond motifs is 2. The quantitative estimate of drug-likeness (QED) is 0.650. The van der Waals surface area contributed by atoms with Gasteiger partial charge in [-0.3, -0.25) is 19.1 Å². The lowest BCUT2D eigenvalue weighted by Gasteiger charge is -2.35. The molecule has 2 aromatic heterocycles. The van der Waals surface area contributed by atoms with Crippen molar-refractivity contribution in [3.63, 3.8) is 0 Å². The standard InChI is InChI=1S/C22H26N4O2S/c1-2-18(25-10-7-16-5-3-4-6-17(16)14-25)13-23-20(27)8-11-26-15-24-21-19(22(26)28)9-12-29-21/h3-6,9,12,15,18H,2,7-8,10-11,13-14H2,1H3,(H,23,27). The minimum atomic E-state index is -0.0810. The molecule has 0 fully saturated rings. The van der Waals surface area contributed by atoms with E-state index in [1.165, 1.54) is 33.4 Å². The first-order chi connectivity index (χ1) is 14.2. The zero-order chi connectivity index (χ0) is 20.2. The second-order valence-electron chi connectivity index (χ2n) is 7.49. The number of rotatable bonds is 7. The molecule has 1 N–H and O–H groups in total. The lowest BCUT2D eigenvalue weighted by molar-refractivity contribution is -0.121. The minimum absolute atomic E-state index is 0.0295. The van der Waals surface area contributed by atoms with Crippen LogP contribution in [0.2, 0.25) is 0 Å². The van der Waals surface area contributed by atoms with Crippen LogP contribution in [0.3, 0.4) is 0 Å². The van der Waals surface area contributed by atoms with Gasteiger partial charge in [-0.1, -0.05) is 31.2 Å². The molecule has 1 atom stereocenters. The Labute approximate surface area is 174 Å². The minimum Gasteiger partial charge on any atom is -0.354 e. The summed E-state index contributed by atoms with van der Waals surface area (Å²) in [5.74, 6) is -0.0295. The van der Waals surface area contributed by atoms with Crippen molar-refractivity contribution in [2.24, 2.45) is 0 Å². The second kappa shape index (κ2) is 8.88. The van der Waals surface area contributed by atoms with Crippen LogP contribution in [0.4, 0.5) is 0 Å². The maximum atomic E-state index is 12.4. The van der Waals surface area contributed by atoms with Crippen molar-refractivity contribution < 1.29 is 4.79 Å². The van der Waals surface area contributed by atoms with E-state index in [2.05, 4.69) is 46.4 Å². The van der Waals surface area contributed by atoms with Crippen LogP contribution >= 0.6 is 11.3 Å². The number of thiophene rings is 1. The normalized spacial score (nSPS) is 15.2. The molecule has 3 aromatic rings. The van der Waals surface area contributed by atoms with Crippen LogP contribution in [0.1, 0.15) is 30.9 Å². The van der Waals surface area contributed by atoms with E-state index in [-0.39, 0.29) is 17.9 Å². The van der Waals surface area contributed by atoms with E-state index in [1.807, 2.05) is 5.38 Å². The number of hydrogen-bond acceptors (Lipinski definition) is 5. The van der Waals surface area contributed by atoms with Crippen molar-refractivity contribution in [1.29, 1.82) is 0 Å². The van der Waals surface area contributed by atoms with Crippen LogP contribution < -0.4 is 10.9 Å². The third kappa shape index (κ3) is 4.41. The summed E-state index contributed by atoms with van der Waals surface area (Å²) < 4.78 is 1.52. The number of benzene rings is 1. The van der Waals surface area contributed by atoms with E-state index < -0.39 is 0 Å². The number of carbonyl (C=O) groups excluding carboxylic acids is 1. The fourth-order valence-corrected chi connectivity index (χ4v) is 4.68. The summed E-state index contributed by atoms with van der Waals surface area (Å²) in [7, 11) is 0. The third-order valence-electron chi connectivity index (χ3n) is 5.71. The van der Waals surface area contributed by atoms with E-state index in [0.29, 0.717) is 24.5 Å². The van der Waals surface area contributed by atoms with Gasteiger partial charge in [0.2, 0.25) is 5.91 Å². The molecule has 29 heavy (non-hydrogen) atoms. The molecular formula is C22H26N4O2S. The van der Waals surface area contributed by atoms with Crippen molar-refractivity contribution in [1.82, 2.24) is 19.8 Å². The summed E-state index contributed by atoms with van der Waals surface area (Å²) in [5, 5.41) is 5.54. The molecule has 0 bridgehead atoms. The van der Waals surface area contributed by atoms with Crippen molar-refractivity contribution >= 4 is 27.5 Å². The highest BCUT2D eigenvalue weighted by Crippen LogP contribution is 2.21. The zero-order valence-electron chi connectivity index (χ0n) is 16.6. The summed E-state index contributed by atoms with van der Waals surface area (Å²) in [6.45, 7) is 5.10. The van der Waals surface area contributed by atoms with Gasteiger partial charge in [0.15, 0.2) is 0 Å². The predicted octanol–water partition coefficient (Wildman–Crippen LogP) is 2.80. The van der Waals surface area contributed by atoms with Gasteiger partial charge < -0.3 is 5.32 Å². The van der Waals surface area contributed by atoms with Crippen LogP contribution in [-0.2, 0) is 24.3 Å². The molecule has 0 aliphatic carbocycles. The molecule has 0 saturated heterocycles. The summed E-state index contributed by atoms with van der Waals surface area (Å²) in [4.78, 5) is 32.3. The van der Waals surface area contributed by atoms with E-state index in [4.69, 9.17) is 0 Å². The molecule has 0 saturated carbocycles. The predicted molar refractivity (Wildman–Crippen MR) is 116 cm³/mol. The van der Waals surface area contributed by atoms with Crippen LogP contribution in [0.25, 0.3) is 10.2 Å². The first kappa shape index (κ1) is 19.8. The fourth-order valence-electron chi connectivity index (χ4n) is 3.96. The summed E-state index contributed by atoms with van der Waals surface area (Å²) in [5.41, 5.74) is 2.74. The first-order valence-electron chi connectivity index (χ1n) is 10.2. The lowest BCUT2D eigenvalue weighted by Crippen LogP contribution is -2.45. The highest BCUT2D eigenvalue weighted by atomic mass is 32.1. The van der Waals surface area contributed by atoms with Gasteiger partial charge in [0.05, 0.1) is 11.7 Å². The molecule has 152 valence electrons. The van der Waals surface area contributed by atoms with Crippen LogP contribution in [0, 0.1) is 0 Å². The Morgan fingerprint density at radius 2 is 2.10 bits per heavy atom. The Hall–Kier alpha value is -2.51. The fraction of sp³-hybridized carbons (Fsp3) is 0.409. The summed E-state index contributed by atoms with van der Waals surface area (Å²) in [6.07, 6.45) is 3.85. The van der Waals surface area contributed by atoms with E-state index in [1.54, 1.807) is 6.07 Å². The topological polar surface area (TPSA) is 67.2 Å². The highest BCUT2D eigenvalue weighted by molar-refractivity contribution is 7.16. The molecule has 4 rings (SSSR count). The highest BCUT2D eigenvalue weighted by Gasteiger charge is 2.22. The average molecular weight is 411 g/mol. The number of aryl methyl sites for hydroxylation is 1. The molecule has 7 heteroatoms. The maximum absolute atomic E-state index is 12.4. The van der Waals surface area contributed by atoms with Gasteiger partial charge >= 0.3 is 0 Å². The summed E-state index contributed by atoms with van der Waals surface area (Å²) in [6, 6.07) is 10.7. The number of amides is 1. The lowest BCUT2D eigenvalue weighted by atomic mass is 9.98. The molecule has 1 aliphatic rings. The van der Waals surface area contributed by atoms with Crippen molar-refractivity contribution in [3.8, 4) is 0 Å². The van der Waals surface area contributed by atoms with E-state index >= 15 is 0 Å². The molecule has 1 aliphatic heterocycles. The number of nitrogens with one attached hydrogen (secondary N) is 1. The average Bonchev–Trinajstić information content (AvgIpc) is 3.23. The van der Waals surface area contributed by atoms with Gasteiger partial charge in [-0.05, 0) is 35.4 Å². The molecule has 0 spiro atoms. The number of carbonyl (C=O) groups is 1. The Morgan fingerprint density at radius 3 is 2.93 bits per heavy atom. The van der Waals surface area contributed by atoms with Gasteiger partial charge in [-0.25, -0.2) is 4.98 Å². The van der Waals surface area contributed by atoms with Gasteiger partial charge in [-0.2, -0.15) is 0 Å². The van der Waals surface area contributed by atoms with Crippen molar-refractivity contribution in [2.75, 3.05) is 13.1 Å². The number of aromatic nitrogens is 2. The molecular weight excluding hydrogens is 384 g/mol. The van der Waals surface area contributed by atoms with E-state index in [0.717, 1.165) is 30.8 Å². The Kier molecular flexibility index (Phi) is 6.06. The van der Waals surface area contributed by atoms with Crippen LogP contribution in [0.5, 0.6) is 0 Å². The van der Waals surface area contributed by atoms with Gasteiger partial charge in [0.25, 0.3) is 5.56 Å². The third-order valence-corrected chi connectivity index (χ3v) is 6.53. The molecule has 6 nitrogen and oxygen atoms in total. The Morgan fingerprint density at radius 1 is 1.28 bits per heavy atom. The smallest absolute Gasteiger partial charge is 0.262 e.